The van der Waals surface area contributed by atoms with Crippen molar-refractivity contribution in [1.29, 1.82) is 0 Å². The second-order valence-electron chi connectivity index (χ2n) is 6.73. The van der Waals surface area contributed by atoms with E-state index in [0.717, 1.165) is 6.07 Å². The predicted octanol–water partition coefficient (Wildman–Crippen LogP) is 5.53. The molecular formula is C20H26F3N3O3. The minimum atomic E-state index is -4.67. The van der Waals surface area contributed by atoms with Crippen LogP contribution < -0.4 is 15.8 Å². The van der Waals surface area contributed by atoms with Crippen LogP contribution in [0.4, 0.5) is 23.7 Å². The molecule has 160 valence electrons. The Balaban J connectivity index is 0.00000204. The number of hydrogen-bond acceptors (Lipinski definition) is 5. The number of nitrogens with two attached hydrogens (primary N) is 1. The maximum atomic E-state index is 13.1. The molecule has 1 aromatic carbocycles. The molecule has 1 heterocycles. The fraction of sp³-hybridized carbons (Fsp3) is 0.400. The number of rotatable bonds is 4. The van der Waals surface area contributed by atoms with Crippen LogP contribution in [0.2, 0.25) is 0 Å². The average molecular weight is 413 g/mol. The number of ether oxygens (including phenoxy) is 2. The van der Waals surface area contributed by atoms with Gasteiger partial charge >= 0.3 is 12.3 Å². The van der Waals surface area contributed by atoms with Gasteiger partial charge in [0.25, 0.3) is 0 Å². The summed E-state index contributed by atoms with van der Waals surface area (Å²) in [6, 6.07) is 8.35. The highest BCUT2D eigenvalue weighted by Gasteiger charge is 2.33. The highest BCUT2D eigenvalue weighted by molar-refractivity contribution is 5.67. The number of alkyl halides is 3. The summed E-state index contributed by atoms with van der Waals surface area (Å²) in [7, 11) is 0. The lowest BCUT2D eigenvalue weighted by Gasteiger charge is -2.20. The molecule has 0 saturated heterocycles. The molecule has 3 N–H and O–H groups in total. The summed E-state index contributed by atoms with van der Waals surface area (Å²) in [4.78, 5) is 15.2. The van der Waals surface area contributed by atoms with Crippen molar-refractivity contribution in [3.05, 3.63) is 47.7 Å². The van der Waals surface area contributed by atoms with E-state index in [1.807, 2.05) is 13.8 Å². The van der Waals surface area contributed by atoms with Crippen LogP contribution in [0.1, 0.15) is 45.9 Å². The number of anilines is 1. The van der Waals surface area contributed by atoms with Gasteiger partial charge in [0.05, 0.1) is 0 Å². The van der Waals surface area contributed by atoms with Crippen LogP contribution in [-0.2, 0) is 17.5 Å². The van der Waals surface area contributed by atoms with Crippen LogP contribution in [0.15, 0.2) is 36.4 Å². The van der Waals surface area contributed by atoms with Gasteiger partial charge in [0.2, 0.25) is 5.88 Å². The molecule has 9 heteroatoms. The summed E-state index contributed by atoms with van der Waals surface area (Å²) in [5, 5.41) is 2.40. The number of carbonyl (C=O) groups excluding carboxylic acids is 1. The van der Waals surface area contributed by atoms with E-state index in [9.17, 15) is 18.0 Å². The van der Waals surface area contributed by atoms with Crippen LogP contribution in [0.5, 0.6) is 11.6 Å². The van der Waals surface area contributed by atoms with E-state index in [2.05, 4.69) is 10.3 Å². The molecule has 0 radical (unpaired) electrons. The molecule has 0 fully saturated rings. The van der Waals surface area contributed by atoms with E-state index in [4.69, 9.17) is 15.2 Å². The van der Waals surface area contributed by atoms with Gasteiger partial charge in [-0.3, -0.25) is 0 Å². The zero-order chi connectivity index (χ0) is 22.2. The number of nitrogen functional groups attached to an aromatic ring is 1. The van der Waals surface area contributed by atoms with Crippen molar-refractivity contribution < 1.29 is 27.4 Å². The van der Waals surface area contributed by atoms with Crippen LogP contribution in [0, 0.1) is 0 Å². The number of nitrogens with zero attached hydrogens (tertiary/aromatic N) is 1. The highest BCUT2D eigenvalue weighted by atomic mass is 19.4. The summed E-state index contributed by atoms with van der Waals surface area (Å²) in [6.45, 7) is 8.85. The van der Waals surface area contributed by atoms with Crippen molar-refractivity contribution in [2.24, 2.45) is 0 Å². The molecule has 0 saturated carbocycles. The Hall–Kier alpha value is -2.97. The third-order valence-electron chi connectivity index (χ3n) is 3.07. The molecule has 0 aliphatic rings. The molecule has 0 spiro atoms. The predicted molar refractivity (Wildman–Crippen MR) is 105 cm³/mol. The summed E-state index contributed by atoms with van der Waals surface area (Å²) < 4.78 is 49.8. The van der Waals surface area contributed by atoms with Crippen LogP contribution >= 0.6 is 0 Å². The molecule has 2 aromatic rings. The molecule has 0 unspecified atom stereocenters. The van der Waals surface area contributed by atoms with Gasteiger partial charge in [0.1, 0.15) is 17.0 Å². The van der Waals surface area contributed by atoms with Gasteiger partial charge in [-0.25, -0.2) is 9.78 Å². The van der Waals surface area contributed by atoms with Gasteiger partial charge in [-0.2, -0.15) is 13.2 Å². The summed E-state index contributed by atoms with van der Waals surface area (Å²) >= 11 is 0. The Morgan fingerprint density at radius 1 is 1.14 bits per heavy atom. The topological polar surface area (TPSA) is 86.5 Å². The van der Waals surface area contributed by atoms with E-state index < -0.39 is 23.6 Å². The quantitative estimate of drug-likeness (QED) is 0.644. The van der Waals surface area contributed by atoms with Gasteiger partial charge in [0, 0.05) is 24.4 Å². The molecule has 1 amide bonds. The monoisotopic (exact) mass is 413 g/mol. The van der Waals surface area contributed by atoms with Crippen molar-refractivity contribution >= 4 is 11.8 Å². The Bertz CT molecular complexity index is 819. The summed E-state index contributed by atoms with van der Waals surface area (Å²) in [5.74, 6) is -0.0238. The maximum Gasteiger partial charge on any atom is 0.433 e. The number of halogens is 3. The second-order valence-corrected chi connectivity index (χ2v) is 6.73. The zero-order valence-corrected chi connectivity index (χ0v) is 17.1. The largest absolute Gasteiger partial charge is 0.444 e. The summed E-state index contributed by atoms with van der Waals surface area (Å²) in [6.07, 6.45) is -5.42. The van der Waals surface area contributed by atoms with Crippen molar-refractivity contribution in [3.8, 4) is 11.6 Å². The first-order valence-corrected chi connectivity index (χ1v) is 9.01. The number of nitrogens with one attached hydrogen (secondary N) is 1. The number of benzene rings is 1. The number of hydrogen-bond donors (Lipinski definition) is 2. The molecule has 0 aliphatic carbocycles. The third-order valence-corrected chi connectivity index (χ3v) is 3.07. The van der Waals surface area contributed by atoms with E-state index in [-0.39, 0.29) is 23.7 Å². The number of pyridine rings is 1. The zero-order valence-electron chi connectivity index (χ0n) is 17.1. The normalized spacial score (nSPS) is 11.2. The van der Waals surface area contributed by atoms with Crippen LogP contribution in [0.25, 0.3) is 0 Å². The fourth-order valence-corrected chi connectivity index (χ4v) is 2.05. The molecule has 0 bridgehead atoms. The number of carbonyl (C=O) groups is 1. The van der Waals surface area contributed by atoms with E-state index in [1.54, 1.807) is 32.9 Å². The van der Waals surface area contributed by atoms with Crippen molar-refractivity contribution in [1.82, 2.24) is 10.3 Å². The standard InChI is InChI=1S/C18H20F3N3O3.C2H6/c1-17(2,3)27-16(25)23-10-11-7-14(18(19,20)21)24-15(8-11)26-13-6-4-5-12(22)9-13;1-2/h4-9H,10,22H2,1-3H3,(H,23,25);1-2H3. The SMILES string of the molecule is CC.CC(C)(C)OC(=O)NCc1cc(Oc2cccc(N)c2)nc(C(F)(F)F)c1. The van der Waals surface area contributed by atoms with Crippen molar-refractivity contribution in [3.63, 3.8) is 0 Å². The first-order chi connectivity index (χ1) is 13.4. The second kappa shape index (κ2) is 9.99. The lowest BCUT2D eigenvalue weighted by atomic mass is 10.2. The minimum Gasteiger partial charge on any atom is -0.444 e. The van der Waals surface area contributed by atoms with Crippen molar-refractivity contribution in [2.75, 3.05) is 5.73 Å². The van der Waals surface area contributed by atoms with E-state index in [0.29, 0.717) is 5.69 Å². The molecule has 0 aliphatic heterocycles. The Morgan fingerprint density at radius 3 is 2.34 bits per heavy atom. The van der Waals surface area contributed by atoms with Gasteiger partial charge in [0.15, 0.2) is 0 Å². The highest BCUT2D eigenvalue weighted by Crippen LogP contribution is 2.31. The fourth-order valence-electron chi connectivity index (χ4n) is 2.05. The Kier molecular flexibility index (Phi) is 8.29. The molecule has 2 rings (SSSR count). The number of alkyl carbamates (subject to hydrolysis) is 1. The lowest BCUT2D eigenvalue weighted by Crippen LogP contribution is -2.32. The molecule has 0 atom stereocenters. The molecule has 6 nitrogen and oxygen atoms in total. The molecular weight excluding hydrogens is 387 g/mol. The summed E-state index contributed by atoms with van der Waals surface area (Å²) in [5.41, 5.74) is 4.32. The van der Waals surface area contributed by atoms with Gasteiger partial charge in [-0.1, -0.05) is 19.9 Å². The molecule has 1 aromatic heterocycles. The Morgan fingerprint density at radius 2 is 1.79 bits per heavy atom. The number of amides is 1. The first-order valence-electron chi connectivity index (χ1n) is 9.01. The first kappa shape index (κ1) is 24.1. The average Bonchev–Trinajstić information content (AvgIpc) is 2.59. The number of aromatic nitrogens is 1. The molecule has 29 heavy (non-hydrogen) atoms. The Labute approximate surface area is 168 Å². The minimum absolute atomic E-state index is 0.155. The third kappa shape index (κ3) is 8.71. The van der Waals surface area contributed by atoms with Gasteiger partial charge in [-0.05, 0) is 44.5 Å². The lowest BCUT2D eigenvalue weighted by molar-refractivity contribution is -0.141. The van der Waals surface area contributed by atoms with Crippen LogP contribution in [0.3, 0.4) is 0 Å². The van der Waals surface area contributed by atoms with E-state index in [1.165, 1.54) is 18.2 Å². The van der Waals surface area contributed by atoms with Crippen molar-refractivity contribution in [2.45, 2.75) is 52.9 Å². The van der Waals surface area contributed by atoms with Crippen LogP contribution in [-0.4, -0.2) is 16.7 Å². The smallest absolute Gasteiger partial charge is 0.433 e. The van der Waals surface area contributed by atoms with E-state index >= 15 is 0 Å². The van der Waals surface area contributed by atoms with Gasteiger partial charge in [-0.15, -0.1) is 0 Å². The van der Waals surface area contributed by atoms with Gasteiger partial charge < -0.3 is 20.5 Å². The maximum absolute atomic E-state index is 13.1.